The standard InChI is InChI=1S/C8H15N3O4S/c9-11-5-10-2-1-3-16-6(8(14)15)4-7(12)13/h5-6H,1-4,9H2,(H,10,11)(H,12,13)(H,14,15). The molecule has 92 valence electrons. The van der Waals surface area contributed by atoms with Crippen molar-refractivity contribution in [3.05, 3.63) is 0 Å². The van der Waals surface area contributed by atoms with Crippen molar-refractivity contribution in [3.63, 3.8) is 0 Å². The Morgan fingerprint density at radius 2 is 2.19 bits per heavy atom. The third-order valence-electron chi connectivity index (χ3n) is 1.55. The first-order valence-electron chi connectivity index (χ1n) is 4.58. The molecule has 5 N–H and O–H groups in total. The number of nitrogens with one attached hydrogen (secondary N) is 1. The number of carboxylic acid groups (broad SMARTS) is 2. The molecule has 16 heavy (non-hydrogen) atoms. The quantitative estimate of drug-likeness (QED) is 0.143. The van der Waals surface area contributed by atoms with Gasteiger partial charge in [-0.3, -0.25) is 14.6 Å². The van der Waals surface area contributed by atoms with Crippen molar-refractivity contribution in [2.45, 2.75) is 18.1 Å². The summed E-state index contributed by atoms with van der Waals surface area (Å²) in [6.07, 6.45) is 1.65. The minimum Gasteiger partial charge on any atom is -0.481 e. The van der Waals surface area contributed by atoms with E-state index in [-0.39, 0.29) is 6.42 Å². The summed E-state index contributed by atoms with van der Waals surface area (Å²) in [5, 5.41) is 16.3. The number of aliphatic imine (C=N–C) groups is 1. The van der Waals surface area contributed by atoms with Crippen LogP contribution in [0.5, 0.6) is 0 Å². The predicted molar refractivity (Wildman–Crippen MR) is 61.4 cm³/mol. The molecule has 0 rings (SSSR count). The lowest BCUT2D eigenvalue weighted by Crippen LogP contribution is -2.21. The Bertz CT molecular complexity index is 260. The zero-order chi connectivity index (χ0) is 12.4. The Labute approximate surface area is 97.1 Å². The molecule has 0 radical (unpaired) electrons. The molecule has 0 amide bonds. The zero-order valence-corrected chi connectivity index (χ0v) is 9.44. The molecule has 0 fully saturated rings. The van der Waals surface area contributed by atoms with Gasteiger partial charge in [-0.05, 0) is 12.2 Å². The van der Waals surface area contributed by atoms with Gasteiger partial charge >= 0.3 is 11.9 Å². The molecule has 8 heteroatoms. The van der Waals surface area contributed by atoms with Crippen LogP contribution in [0.15, 0.2) is 4.99 Å². The van der Waals surface area contributed by atoms with Gasteiger partial charge in [0.1, 0.15) is 5.25 Å². The van der Waals surface area contributed by atoms with Gasteiger partial charge in [0.2, 0.25) is 0 Å². The van der Waals surface area contributed by atoms with Crippen LogP contribution >= 0.6 is 11.8 Å². The van der Waals surface area contributed by atoms with Crippen LogP contribution in [0.2, 0.25) is 0 Å². The van der Waals surface area contributed by atoms with E-state index in [0.717, 1.165) is 11.8 Å². The number of thioether (sulfide) groups is 1. The molecular formula is C8H15N3O4S. The highest BCUT2D eigenvalue weighted by Gasteiger charge is 2.20. The van der Waals surface area contributed by atoms with Crippen LogP contribution in [0, 0.1) is 0 Å². The summed E-state index contributed by atoms with van der Waals surface area (Å²) in [5.74, 6) is 3.28. The lowest BCUT2D eigenvalue weighted by Gasteiger charge is -2.08. The first-order chi connectivity index (χ1) is 7.57. The topological polar surface area (TPSA) is 125 Å². The van der Waals surface area contributed by atoms with Crippen LogP contribution in [0.3, 0.4) is 0 Å². The van der Waals surface area contributed by atoms with E-state index in [4.69, 9.17) is 16.1 Å². The minimum atomic E-state index is -1.11. The van der Waals surface area contributed by atoms with E-state index in [1.807, 2.05) is 0 Å². The molecule has 7 nitrogen and oxygen atoms in total. The van der Waals surface area contributed by atoms with E-state index in [1.165, 1.54) is 6.34 Å². The van der Waals surface area contributed by atoms with Gasteiger partial charge < -0.3 is 15.6 Å². The molecule has 0 saturated heterocycles. The van der Waals surface area contributed by atoms with Gasteiger partial charge in [-0.25, -0.2) is 5.84 Å². The Hall–Kier alpha value is -1.28. The van der Waals surface area contributed by atoms with Crippen LogP contribution in [0.25, 0.3) is 0 Å². The molecule has 0 heterocycles. The number of carboxylic acids is 2. The van der Waals surface area contributed by atoms with Crippen LogP contribution in [-0.2, 0) is 9.59 Å². The maximum atomic E-state index is 10.7. The highest BCUT2D eigenvalue weighted by Crippen LogP contribution is 2.16. The maximum Gasteiger partial charge on any atom is 0.317 e. The van der Waals surface area contributed by atoms with E-state index >= 15 is 0 Å². The summed E-state index contributed by atoms with van der Waals surface area (Å²) in [6.45, 7) is 0.524. The molecule has 0 aliphatic rings. The van der Waals surface area contributed by atoms with Crippen molar-refractivity contribution in [1.82, 2.24) is 5.43 Å². The average Bonchev–Trinajstić information content (AvgIpc) is 2.20. The lowest BCUT2D eigenvalue weighted by molar-refractivity contribution is -0.142. The Balaban J connectivity index is 3.72. The third kappa shape index (κ3) is 8.06. The fraction of sp³-hybridized carbons (Fsp3) is 0.625. The molecule has 0 aromatic carbocycles. The maximum absolute atomic E-state index is 10.7. The molecule has 0 aliphatic carbocycles. The van der Waals surface area contributed by atoms with Gasteiger partial charge in [-0.1, -0.05) is 0 Å². The Morgan fingerprint density at radius 3 is 2.69 bits per heavy atom. The highest BCUT2D eigenvalue weighted by atomic mass is 32.2. The second-order valence-corrected chi connectivity index (χ2v) is 4.16. The van der Waals surface area contributed by atoms with Gasteiger partial charge in [0, 0.05) is 6.54 Å². The molecule has 0 aromatic heterocycles. The summed E-state index contributed by atoms with van der Waals surface area (Å²) in [6, 6.07) is 0. The number of rotatable bonds is 9. The molecular weight excluding hydrogens is 234 g/mol. The predicted octanol–water partition coefficient (Wildman–Crippen LogP) is -0.471. The summed E-state index contributed by atoms with van der Waals surface area (Å²) in [7, 11) is 0. The number of nitrogens with zero attached hydrogens (tertiary/aromatic N) is 1. The van der Waals surface area contributed by atoms with Gasteiger partial charge in [0.05, 0.1) is 12.8 Å². The zero-order valence-electron chi connectivity index (χ0n) is 8.63. The number of aliphatic carboxylic acids is 2. The van der Waals surface area contributed by atoms with E-state index in [2.05, 4.69) is 10.4 Å². The number of hydrazine groups is 1. The van der Waals surface area contributed by atoms with Gasteiger partial charge in [0.25, 0.3) is 0 Å². The fourth-order valence-corrected chi connectivity index (χ4v) is 1.86. The molecule has 0 aliphatic heterocycles. The number of hydrogen-bond acceptors (Lipinski definition) is 5. The highest BCUT2D eigenvalue weighted by molar-refractivity contribution is 8.00. The van der Waals surface area contributed by atoms with Crippen molar-refractivity contribution in [1.29, 1.82) is 0 Å². The second-order valence-electron chi connectivity index (χ2n) is 2.85. The van der Waals surface area contributed by atoms with Crippen LogP contribution in [0.1, 0.15) is 12.8 Å². The van der Waals surface area contributed by atoms with E-state index in [9.17, 15) is 9.59 Å². The minimum absolute atomic E-state index is 0.367. The van der Waals surface area contributed by atoms with Gasteiger partial charge in [0.15, 0.2) is 0 Å². The summed E-state index contributed by atoms with van der Waals surface area (Å²) in [4.78, 5) is 24.9. The van der Waals surface area contributed by atoms with E-state index < -0.39 is 17.2 Å². The van der Waals surface area contributed by atoms with Crippen molar-refractivity contribution in [3.8, 4) is 0 Å². The normalized spacial score (nSPS) is 12.6. The Morgan fingerprint density at radius 1 is 1.50 bits per heavy atom. The Kier molecular flexibility index (Phi) is 8.26. The van der Waals surface area contributed by atoms with Crippen molar-refractivity contribution in [2.75, 3.05) is 12.3 Å². The third-order valence-corrected chi connectivity index (χ3v) is 2.85. The molecule has 0 bridgehead atoms. The fourth-order valence-electron chi connectivity index (χ4n) is 0.875. The molecule has 1 atom stereocenters. The first-order valence-corrected chi connectivity index (χ1v) is 5.63. The largest absolute Gasteiger partial charge is 0.481 e. The lowest BCUT2D eigenvalue weighted by atomic mass is 10.3. The van der Waals surface area contributed by atoms with Crippen molar-refractivity contribution >= 4 is 30.0 Å². The molecule has 1 unspecified atom stereocenters. The van der Waals surface area contributed by atoms with Gasteiger partial charge in [-0.2, -0.15) is 0 Å². The number of hydrogen-bond donors (Lipinski definition) is 4. The summed E-state index contributed by atoms with van der Waals surface area (Å²) >= 11 is 1.11. The van der Waals surface area contributed by atoms with Crippen LogP contribution < -0.4 is 11.3 Å². The first kappa shape index (κ1) is 14.7. The number of nitrogens with two attached hydrogens (primary N) is 1. The average molecular weight is 249 g/mol. The summed E-state index contributed by atoms with van der Waals surface area (Å²) in [5.41, 5.74) is 2.24. The van der Waals surface area contributed by atoms with Gasteiger partial charge in [-0.15, -0.1) is 11.8 Å². The second kappa shape index (κ2) is 8.98. The molecule has 0 aromatic rings. The molecule has 0 spiro atoms. The van der Waals surface area contributed by atoms with E-state index in [1.54, 1.807) is 0 Å². The van der Waals surface area contributed by atoms with Crippen molar-refractivity contribution < 1.29 is 19.8 Å². The van der Waals surface area contributed by atoms with E-state index in [0.29, 0.717) is 18.7 Å². The summed E-state index contributed by atoms with van der Waals surface area (Å²) < 4.78 is 0. The van der Waals surface area contributed by atoms with Crippen molar-refractivity contribution in [2.24, 2.45) is 10.8 Å². The SMILES string of the molecule is NNC=NCCCSC(CC(=O)O)C(=O)O. The monoisotopic (exact) mass is 249 g/mol. The van der Waals surface area contributed by atoms with Crippen LogP contribution in [0.4, 0.5) is 0 Å². The smallest absolute Gasteiger partial charge is 0.317 e. The number of carbonyl (C=O) groups is 2. The van der Waals surface area contributed by atoms with Crippen LogP contribution in [-0.4, -0.2) is 46.0 Å². The molecule has 0 saturated carbocycles.